The maximum absolute atomic E-state index is 6.51. The Bertz CT molecular complexity index is 434. The molecule has 0 unspecified atom stereocenters. The van der Waals surface area contributed by atoms with Gasteiger partial charge in [0.2, 0.25) is 0 Å². The Hall–Kier alpha value is 0.0569. The van der Waals surface area contributed by atoms with Gasteiger partial charge in [0.1, 0.15) is 0 Å². The minimum absolute atomic E-state index is 0.698. The molecule has 41 heavy (non-hydrogen) atoms. The van der Waals surface area contributed by atoms with Gasteiger partial charge in [-0.3, -0.25) is 0 Å². The van der Waals surface area contributed by atoms with Gasteiger partial charge in [0, 0.05) is 26.4 Å². The van der Waals surface area contributed by atoms with Crippen molar-refractivity contribution in [1.82, 2.24) is 0 Å². The van der Waals surface area contributed by atoms with Gasteiger partial charge in [-0.05, 0) is 25.7 Å². The predicted molar refractivity (Wildman–Crippen MR) is 182 cm³/mol. The summed E-state index contributed by atoms with van der Waals surface area (Å²) in [5.74, 6) is 0. The van der Waals surface area contributed by atoms with Crippen LogP contribution in [0.15, 0.2) is 0 Å². The second-order valence-corrected chi connectivity index (χ2v) is 14.5. The van der Waals surface area contributed by atoms with Gasteiger partial charge in [-0.25, -0.2) is 0 Å². The molecule has 5 heteroatoms. The van der Waals surface area contributed by atoms with E-state index in [1.54, 1.807) is 0 Å². The van der Waals surface area contributed by atoms with Gasteiger partial charge in [0.05, 0.1) is 0 Å². The maximum atomic E-state index is 6.51. The van der Waals surface area contributed by atoms with E-state index in [0.717, 1.165) is 25.7 Å². The summed E-state index contributed by atoms with van der Waals surface area (Å²) in [4.78, 5) is 0. The molecule has 0 spiro atoms. The Kier molecular flexibility index (Phi) is 34.6. The predicted octanol–water partition coefficient (Wildman–Crippen LogP) is 12.5. The molecule has 0 saturated carbocycles. The normalized spacial score (nSPS) is 12.0. The molecule has 0 aromatic heterocycles. The highest BCUT2D eigenvalue weighted by Gasteiger charge is 2.45. The molecule has 0 bridgehead atoms. The van der Waals surface area contributed by atoms with Crippen LogP contribution in [0.1, 0.15) is 207 Å². The molecule has 0 atom stereocenters. The third-order valence-corrected chi connectivity index (χ3v) is 10.3. The van der Waals surface area contributed by atoms with Gasteiger partial charge in [0.15, 0.2) is 0 Å². The molecule has 4 nitrogen and oxygen atoms in total. The zero-order valence-electron chi connectivity index (χ0n) is 28.8. The zero-order valence-corrected chi connectivity index (χ0v) is 29.8. The first-order valence-corrected chi connectivity index (χ1v) is 20.4. The van der Waals surface area contributed by atoms with E-state index in [4.69, 9.17) is 17.7 Å². The van der Waals surface area contributed by atoms with E-state index in [1.807, 2.05) is 0 Å². The van der Waals surface area contributed by atoms with E-state index in [1.165, 1.54) is 154 Å². The minimum Gasteiger partial charge on any atom is -0.351 e. The van der Waals surface area contributed by atoms with Crippen molar-refractivity contribution >= 4 is 9.05 Å². The summed E-state index contributed by atoms with van der Waals surface area (Å²) in [5, 5.41) is 0. The molecular weight excluding hydrogens is 524 g/mol. The van der Waals surface area contributed by atoms with Crippen LogP contribution in [0.2, 0.25) is 0 Å². The Morgan fingerprint density at radius 3 is 0.610 bits per heavy atom. The van der Waals surface area contributed by atoms with Crippen LogP contribution < -0.4 is 0 Å². The average Bonchev–Trinajstić information content (AvgIpc) is 2.98. The van der Waals surface area contributed by atoms with Crippen molar-refractivity contribution < 1.29 is 17.7 Å². The van der Waals surface area contributed by atoms with E-state index < -0.39 is 9.05 Å². The smallest absolute Gasteiger partial charge is 0.351 e. The molecule has 0 aliphatic carbocycles. The van der Waals surface area contributed by atoms with Gasteiger partial charge in [-0.1, -0.05) is 182 Å². The molecule has 0 fully saturated rings. The quantitative estimate of drug-likeness (QED) is 0.0529. The Morgan fingerprint density at radius 1 is 0.244 bits per heavy atom. The van der Waals surface area contributed by atoms with Crippen LogP contribution in [0, 0.1) is 0 Å². The van der Waals surface area contributed by atoms with Gasteiger partial charge < -0.3 is 17.7 Å². The van der Waals surface area contributed by atoms with Crippen molar-refractivity contribution in [2.75, 3.05) is 26.4 Å². The first-order chi connectivity index (χ1) is 20.2. The summed E-state index contributed by atoms with van der Waals surface area (Å²) >= 11 is 0. The van der Waals surface area contributed by atoms with E-state index in [0.29, 0.717) is 26.4 Å². The van der Waals surface area contributed by atoms with Crippen molar-refractivity contribution in [2.45, 2.75) is 207 Å². The van der Waals surface area contributed by atoms with Crippen LogP contribution >= 0.6 is 0 Å². The third kappa shape index (κ3) is 29.9. The van der Waals surface area contributed by atoms with E-state index in [9.17, 15) is 0 Å². The summed E-state index contributed by atoms with van der Waals surface area (Å²) in [5.41, 5.74) is 0. The SMILES string of the molecule is CCCCCCCCCCO[Si](OCCCCCCCC)(OCCCCCCCC)OCCCCCCCCCC. The van der Waals surface area contributed by atoms with Crippen LogP contribution in [0.3, 0.4) is 0 Å². The molecule has 0 aromatic rings. The lowest BCUT2D eigenvalue weighted by Crippen LogP contribution is -2.50. The molecule has 0 aromatic carbocycles. The third-order valence-electron chi connectivity index (χ3n) is 8.11. The molecular formula is C36H76O4Si. The molecule has 0 aliphatic heterocycles. The van der Waals surface area contributed by atoms with Gasteiger partial charge in [0.25, 0.3) is 0 Å². The number of hydrogen-bond acceptors (Lipinski definition) is 4. The molecule has 0 radical (unpaired) electrons. The lowest BCUT2D eigenvalue weighted by Gasteiger charge is -2.28. The highest BCUT2D eigenvalue weighted by Crippen LogP contribution is 2.19. The van der Waals surface area contributed by atoms with Crippen LogP contribution in [0.4, 0.5) is 0 Å². The van der Waals surface area contributed by atoms with Crippen LogP contribution in [-0.2, 0) is 17.7 Å². The van der Waals surface area contributed by atoms with Crippen molar-refractivity contribution in [3.63, 3.8) is 0 Å². The molecule has 248 valence electrons. The number of hydrogen-bond donors (Lipinski definition) is 0. The fourth-order valence-electron chi connectivity index (χ4n) is 5.28. The summed E-state index contributed by atoms with van der Waals surface area (Å²) < 4.78 is 26.0. The van der Waals surface area contributed by atoms with Crippen molar-refractivity contribution in [1.29, 1.82) is 0 Å². The average molecular weight is 601 g/mol. The topological polar surface area (TPSA) is 36.9 Å². The number of rotatable bonds is 36. The summed E-state index contributed by atoms with van der Waals surface area (Å²) in [6.07, 6.45) is 35.9. The minimum atomic E-state index is -3.12. The first kappa shape index (κ1) is 41.1. The molecule has 0 rings (SSSR count). The number of unbranched alkanes of at least 4 members (excludes halogenated alkanes) is 24. The second kappa shape index (κ2) is 34.5. The fraction of sp³-hybridized carbons (Fsp3) is 1.00. The molecule has 0 N–H and O–H groups in total. The van der Waals surface area contributed by atoms with Crippen molar-refractivity contribution in [2.24, 2.45) is 0 Å². The summed E-state index contributed by atoms with van der Waals surface area (Å²) in [6.45, 7) is 11.9. The molecule has 0 aliphatic rings. The van der Waals surface area contributed by atoms with Crippen LogP contribution in [0.25, 0.3) is 0 Å². The Balaban J connectivity index is 4.79. The zero-order chi connectivity index (χ0) is 30.0. The first-order valence-electron chi connectivity index (χ1n) is 18.8. The van der Waals surface area contributed by atoms with Crippen molar-refractivity contribution in [3.8, 4) is 0 Å². The monoisotopic (exact) mass is 601 g/mol. The summed E-state index contributed by atoms with van der Waals surface area (Å²) in [7, 11) is -3.12. The lowest BCUT2D eigenvalue weighted by molar-refractivity contribution is -0.0375. The van der Waals surface area contributed by atoms with Crippen LogP contribution in [-0.4, -0.2) is 35.5 Å². The van der Waals surface area contributed by atoms with Gasteiger partial charge in [-0.15, -0.1) is 0 Å². The lowest BCUT2D eigenvalue weighted by atomic mass is 10.1. The molecule has 0 heterocycles. The van der Waals surface area contributed by atoms with E-state index in [-0.39, 0.29) is 0 Å². The van der Waals surface area contributed by atoms with Gasteiger partial charge in [-0.2, -0.15) is 0 Å². The molecule has 0 saturated heterocycles. The Morgan fingerprint density at radius 2 is 0.415 bits per heavy atom. The second-order valence-electron chi connectivity index (χ2n) is 12.4. The van der Waals surface area contributed by atoms with Gasteiger partial charge >= 0.3 is 9.05 Å². The fourth-order valence-corrected chi connectivity index (χ4v) is 7.35. The Labute approximate surface area is 260 Å². The highest BCUT2D eigenvalue weighted by atomic mass is 28.4. The largest absolute Gasteiger partial charge is 0.679 e. The highest BCUT2D eigenvalue weighted by molar-refractivity contribution is 6.53. The van der Waals surface area contributed by atoms with Crippen molar-refractivity contribution in [3.05, 3.63) is 0 Å². The summed E-state index contributed by atoms with van der Waals surface area (Å²) in [6, 6.07) is 0. The standard InChI is InChI=1S/C36H76O4Si/c1-5-9-13-17-21-23-27-31-35-39-41(37-33-29-25-19-15-11-7-3,38-34-30-26-20-16-12-8-4)40-36-32-28-24-22-18-14-10-6-2/h5-36H2,1-4H3. The van der Waals surface area contributed by atoms with E-state index in [2.05, 4.69) is 27.7 Å². The van der Waals surface area contributed by atoms with E-state index >= 15 is 0 Å². The van der Waals surface area contributed by atoms with Crippen LogP contribution in [0.5, 0.6) is 0 Å². The molecule has 0 amide bonds. The maximum Gasteiger partial charge on any atom is 0.679 e.